The summed E-state index contributed by atoms with van der Waals surface area (Å²) in [6.45, 7) is 4.03. The van der Waals surface area contributed by atoms with E-state index in [0.717, 1.165) is 11.1 Å². The molecule has 34 heavy (non-hydrogen) atoms. The number of para-hydroxylation sites is 1. The highest BCUT2D eigenvalue weighted by molar-refractivity contribution is 7.99. The van der Waals surface area contributed by atoms with Gasteiger partial charge in [0, 0.05) is 17.8 Å². The quantitative estimate of drug-likeness (QED) is 0.180. The van der Waals surface area contributed by atoms with E-state index >= 15 is 0 Å². The Morgan fingerprint density at radius 3 is 2.53 bits per heavy atom. The third-order valence-corrected chi connectivity index (χ3v) is 6.29. The monoisotopic (exact) mass is 474 g/mol. The fourth-order valence-corrected chi connectivity index (χ4v) is 4.29. The highest BCUT2D eigenvalue weighted by atomic mass is 32.2. The van der Waals surface area contributed by atoms with Gasteiger partial charge >= 0.3 is 0 Å². The predicted molar refractivity (Wildman–Crippen MR) is 133 cm³/mol. The Kier molecular flexibility index (Phi) is 6.74. The van der Waals surface area contributed by atoms with Gasteiger partial charge in [-0.15, -0.1) is 0 Å². The predicted octanol–water partition coefficient (Wildman–Crippen LogP) is 4.70. The van der Waals surface area contributed by atoms with Crippen molar-refractivity contribution in [1.29, 1.82) is 0 Å². The van der Waals surface area contributed by atoms with Crippen molar-refractivity contribution in [3.63, 3.8) is 0 Å². The zero-order valence-electron chi connectivity index (χ0n) is 18.6. The average molecular weight is 475 g/mol. The molecular weight excluding hydrogens is 452 g/mol. The fraction of sp³-hybridized carbons (Fsp3) is 0.160. The Balaban J connectivity index is 1.58. The first-order valence-electron chi connectivity index (χ1n) is 10.5. The van der Waals surface area contributed by atoms with Crippen molar-refractivity contribution in [3.8, 4) is 0 Å². The Bertz CT molecular complexity index is 1450. The molecule has 3 aromatic carbocycles. The van der Waals surface area contributed by atoms with Gasteiger partial charge in [0.1, 0.15) is 0 Å². The number of non-ortho nitro benzene ring substituents is 1. The smallest absolute Gasteiger partial charge is 0.269 e. The van der Waals surface area contributed by atoms with Crippen molar-refractivity contribution in [3.05, 3.63) is 104 Å². The molecule has 1 amide bonds. The lowest BCUT2D eigenvalue weighted by Gasteiger charge is -2.14. The molecule has 4 rings (SSSR count). The van der Waals surface area contributed by atoms with Crippen LogP contribution in [0.2, 0.25) is 0 Å². The zero-order valence-corrected chi connectivity index (χ0v) is 19.5. The van der Waals surface area contributed by atoms with Gasteiger partial charge in [-0.05, 0) is 43.2 Å². The Hall–Kier alpha value is -3.98. The van der Waals surface area contributed by atoms with Crippen molar-refractivity contribution in [2.75, 3.05) is 11.1 Å². The minimum absolute atomic E-state index is 0.0229. The lowest BCUT2D eigenvalue weighted by molar-refractivity contribution is -0.384. The van der Waals surface area contributed by atoms with Crippen LogP contribution in [0.1, 0.15) is 16.7 Å². The maximum absolute atomic E-state index is 13.2. The van der Waals surface area contributed by atoms with Gasteiger partial charge in [0.2, 0.25) is 5.91 Å². The first-order valence-corrected chi connectivity index (χ1v) is 11.5. The van der Waals surface area contributed by atoms with Crippen molar-refractivity contribution >= 4 is 39.9 Å². The molecule has 0 aliphatic rings. The van der Waals surface area contributed by atoms with Gasteiger partial charge in [-0.3, -0.25) is 24.3 Å². The van der Waals surface area contributed by atoms with Crippen molar-refractivity contribution in [1.82, 2.24) is 9.55 Å². The number of fused-ring (bicyclic) bond motifs is 1. The molecule has 0 spiro atoms. The highest BCUT2D eigenvalue weighted by Gasteiger charge is 2.15. The highest BCUT2D eigenvalue weighted by Crippen LogP contribution is 2.23. The summed E-state index contributed by atoms with van der Waals surface area (Å²) in [6, 6.07) is 19.3. The summed E-state index contributed by atoms with van der Waals surface area (Å²) in [5, 5.41) is 14.7. The molecule has 1 aromatic heterocycles. The van der Waals surface area contributed by atoms with Gasteiger partial charge in [-0.2, -0.15) is 0 Å². The lowest BCUT2D eigenvalue weighted by atomic mass is 10.1. The number of aromatic nitrogens is 2. The van der Waals surface area contributed by atoms with Crippen molar-refractivity contribution in [2.24, 2.45) is 0 Å². The first-order chi connectivity index (χ1) is 16.3. The third kappa shape index (κ3) is 5.15. The average Bonchev–Trinajstić information content (AvgIpc) is 2.82. The van der Waals surface area contributed by atoms with Crippen LogP contribution in [0, 0.1) is 24.0 Å². The van der Waals surface area contributed by atoms with E-state index in [-0.39, 0.29) is 22.9 Å². The summed E-state index contributed by atoms with van der Waals surface area (Å²) < 4.78 is 1.59. The van der Waals surface area contributed by atoms with E-state index in [1.165, 1.54) is 30.0 Å². The van der Waals surface area contributed by atoms with E-state index in [0.29, 0.717) is 33.9 Å². The number of hydrogen-bond donors (Lipinski definition) is 1. The van der Waals surface area contributed by atoms with Crippen LogP contribution in [-0.2, 0) is 11.3 Å². The summed E-state index contributed by atoms with van der Waals surface area (Å²) in [5.74, 6) is -0.277. The minimum Gasteiger partial charge on any atom is -0.325 e. The van der Waals surface area contributed by atoms with Crippen LogP contribution in [0.25, 0.3) is 10.9 Å². The van der Waals surface area contributed by atoms with Crippen LogP contribution in [0.15, 0.2) is 76.7 Å². The molecule has 0 radical (unpaired) electrons. The van der Waals surface area contributed by atoms with E-state index in [9.17, 15) is 19.7 Å². The normalized spacial score (nSPS) is 10.9. The second-order valence-corrected chi connectivity index (χ2v) is 8.82. The van der Waals surface area contributed by atoms with Crippen molar-refractivity contribution in [2.45, 2.75) is 25.5 Å². The molecular formula is C25H22N4O4S. The molecule has 9 heteroatoms. The van der Waals surface area contributed by atoms with E-state index in [1.54, 1.807) is 29.7 Å². The lowest BCUT2D eigenvalue weighted by Crippen LogP contribution is -2.25. The third-order valence-electron chi connectivity index (χ3n) is 5.32. The number of carbonyl (C=O) groups excluding carboxylic acids is 1. The maximum Gasteiger partial charge on any atom is 0.269 e. The molecule has 4 aromatic rings. The molecule has 1 N–H and O–H groups in total. The number of hydrogen-bond acceptors (Lipinski definition) is 6. The fourth-order valence-electron chi connectivity index (χ4n) is 3.49. The number of benzene rings is 3. The van der Waals surface area contributed by atoms with Gasteiger partial charge in [0.15, 0.2) is 5.16 Å². The van der Waals surface area contributed by atoms with Crippen molar-refractivity contribution < 1.29 is 9.72 Å². The molecule has 1 heterocycles. The molecule has 0 saturated heterocycles. The molecule has 0 aliphatic carbocycles. The number of aryl methyl sites for hydroxylation is 2. The Morgan fingerprint density at radius 2 is 1.82 bits per heavy atom. The summed E-state index contributed by atoms with van der Waals surface area (Å²) >= 11 is 1.17. The van der Waals surface area contributed by atoms with Crippen LogP contribution < -0.4 is 10.9 Å². The Morgan fingerprint density at radius 1 is 1.09 bits per heavy atom. The number of rotatable bonds is 7. The number of nitro groups is 1. The number of carbonyl (C=O) groups is 1. The molecule has 0 saturated carbocycles. The van der Waals surface area contributed by atoms with Crippen LogP contribution >= 0.6 is 11.8 Å². The van der Waals surface area contributed by atoms with Crippen LogP contribution in [-0.4, -0.2) is 26.1 Å². The number of nitrogens with one attached hydrogen (secondary N) is 1. The summed E-state index contributed by atoms with van der Waals surface area (Å²) in [5.41, 5.74) is 3.54. The van der Waals surface area contributed by atoms with E-state index in [1.807, 2.05) is 37.3 Å². The largest absolute Gasteiger partial charge is 0.325 e. The van der Waals surface area contributed by atoms with E-state index in [2.05, 4.69) is 10.3 Å². The second kappa shape index (κ2) is 9.88. The molecule has 0 unspecified atom stereocenters. The standard InChI is InChI=1S/C25H22N4O4S/c1-16-7-9-18(10-8-16)14-28-24(31)20-5-3-4-6-22(20)27-25(28)34-15-23(30)26-21-12-11-19(29(32)33)13-17(21)2/h3-13H,14-15H2,1-2H3,(H,26,30). The van der Waals surface area contributed by atoms with Crippen LogP contribution in [0.4, 0.5) is 11.4 Å². The summed E-state index contributed by atoms with van der Waals surface area (Å²) in [4.78, 5) is 41.0. The van der Waals surface area contributed by atoms with E-state index < -0.39 is 4.92 Å². The topological polar surface area (TPSA) is 107 Å². The molecule has 0 bridgehead atoms. The molecule has 172 valence electrons. The number of nitrogens with zero attached hydrogens (tertiary/aromatic N) is 3. The molecule has 0 atom stereocenters. The molecule has 0 fully saturated rings. The zero-order chi connectivity index (χ0) is 24.2. The number of thioether (sulfide) groups is 1. The molecule has 8 nitrogen and oxygen atoms in total. The van der Waals surface area contributed by atoms with Gasteiger partial charge in [0.05, 0.1) is 28.1 Å². The minimum atomic E-state index is -0.479. The van der Waals surface area contributed by atoms with E-state index in [4.69, 9.17) is 0 Å². The number of nitro benzene ring substituents is 1. The van der Waals surface area contributed by atoms with Gasteiger partial charge in [0.25, 0.3) is 11.2 Å². The molecule has 0 aliphatic heterocycles. The summed E-state index contributed by atoms with van der Waals surface area (Å²) in [6.07, 6.45) is 0. The number of amides is 1. The van der Waals surface area contributed by atoms with Gasteiger partial charge < -0.3 is 5.32 Å². The Labute approximate surface area is 199 Å². The maximum atomic E-state index is 13.2. The van der Waals surface area contributed by atoms with Crippen LogP contribution in [0.5, 0.6) is 0 Å². The SMILES string of the molecule is Cc1ccc(Cn2c(SCC(=O)Nc3ccc([N+](=O)[O-])cc3C)nc3ccccc3c2=O)cc1. The second-order valence-electron chi connectivity index (χ2n) is 7.88. The van der Waals surface area contributed by atoms with Crippen LogP contribution in [0.3, 0.4) is 0 Å². The van der Waals surface area contributed by atoms with Gasteiger partial charge in [-0.1, -0.05) is 53.7 Å². The number of anilines is 1. The van der Waals surface area contributed by atoms with Gasteiger partial charge in [-0.25, -0.2) is 4.98 Å². The first kappa shape index (κ1) is 23.2. The summed E-state index contributed by atoms with van der Waals surface area (Å²) in [7, 11) is 0.